The predicted molar refractivity (Wildman–Crippen MR) is 91.5 cm³/mol. The largest absolute Gasteiger partial charge is 0.486 e. The van der Waals surface area contributed by atoms with E-state index in [1.807, 2.05) is 29.9 Å². The molecule has 1 aromatic carbocycles. The van der Waals surface area contributed by atoms with Crippen LogP contribution in [0.15, 0.2) is 36.7 Å². The topological polar surface area (TPSA) is 59.4 Å². The van der Waals surface area contributed by atoms with E-state index in [1.54, 1.807) is 13.2 Å². The fourth-order valence-corrected chi connectivity index (χ4v) is 3.09. The molecule has 0 radical (unpaired) electrons. The monoisotopic (exact) mass is 328 g/mol. The Morgan fingerprint density at radius 1 is 1.38 bits per heavy atom. The van der Waals surface area contributed by atoms with Crippen molar-refractivity contribution in [3.63, 3.8) is 0 Å². The molecule has 0 aliphatic carbocycles. The van der Waals surface area contributed by atoms with Crippen LogP contribution in [0.25, 0.3) is 0 Å². The Bertz CT molecular complexity index is 681. The van der Waals surface area contributed by atoms with Crippen LogP contribution in [0.3, 0.4) is 0 Å². The molecule has 1 saturated heterocycles. The first kappa shape index (κ1) is 16.5. The number of amides is 1. The van der Waals surface area contributed by atoms with Crippen molar-refractivity contribution in [3.05, 3.63) is 48.0 Å². The minimum Gasteiger partial charge on any atom is -0.486 e. The maximum Gasteiger partial charge on any atom is 0.237 e. The fourth-order valence-electron chi connectivity index (χ4n) is 3.09. The Kier molecular flexibility index (Phi) is 5.15. The summed E-state index contributed by atoms with van der Waals surface area (Å²) in [4.78, 5) is 18.4. The number of benzene rings is 1. The molecule has 1 aromatic heterocycles. The van der Waals surface area contributed by atoms with Crippen LogP contribution < -0.4 is 10.1 Å². The van der Waals surface area contributed by atoms with Crippen molar-refractivity contribution in [2.45, 2.75) is 32.0 Å². The lowest BCUT2D eigenvalue weighted by molar-refractivity contribution is -0.125. The number of hydrogen-bond acceptors (Lipinski definition) is 4. The van der Waals surface area contributed by atoms with Gasteiger partial charge >= 0.3 is 0 Å². The lowest BCUT2D eigenvalue weighted by Gasteiger charge is -2.23. The van der Waals surface area contributed by atoms with Crippen LogP contribution >= 0.6 is 0 Å². The number of aromatic nitrogens is 2. The second kappa shape index (κ2) is 7.49. The highest BCUT2D eigenvalue weighted by Gasteiger charge is 2.29. The van der Waals surface area contributed by atoms with E-state index in [0.29, 0.717) is 6.61 Å². The number of aryl methyl sites for hydroxylation is 1. The van der Waals surface area contributed by atoms with Crippen molar-refractivity contribution < 1.29 is 9.53 Å². The summed E-state index contributed by atoms with van der Waals surface area (Å²) in [6.45, 7) is 2.21. The van der Waals surface area contributed by atoms with Gasteiger partial charge in [-0.05, 0) is 37.1 Å². The van der Waals surface area contributed by atoms with Crippen LogP contribution in [-0.2, 0) is 25.0 Å². The third-order valence-corrected chi connectivity index (χ3v) is 4.51. The number of carbonyl (C=O) groups excluding carboxylic acids is 1. The lowest BCUT2D eigenvalue weighted by atomic mass is 10.1. The zero-order valence-electron chi connectivity index (χ0n) is 14.2. The number of hydrogen-bond donors (Lipinski definition) is 1. The van der Waals surface area contributed by atoms with Gasteiger partial charge in [0.25, 0.3) is 0 Å². The SMILES string of the molecule is CNC(=O)[C@@H]1CCCN1Cc1ccc(OCc2nccn2C)cc1. The van der Waals surface area contributed by atoms with Gasteiger partial charge in [-0.1, -0.05) is 12.1 Å². The standard InChI is InChI=1S/C18H24N4O2/c1-19-18(23)16-4-3-10-22(16)12-14-5-7-15(8-6-14)24-13-17-20-9-11-21(17)2/h5-9,11,16H,3-4,10,12-13H2,1-2H3,(H,19,23)/t16-/m0/s1. The summed E-state index contributed by atoms with van der Waals surface area (Å²) >= 11 is 0. The molecular weight excluding hydrogens is 304 g/mol. The summed E-state index contributed by atoms with van der Waals surface area (Å²) in [6.07, 6.45) is 5.68. The summed E-state index contributed by atoms with van der Waals surface area (Å²) < 4.78 is 7.72. The zero-order valence-corrected chi connectivity index (χ0v) is 14.2. The van der Waals surface area contributed by atoms with Crippen molar-refractivity contribution in [1.82, 2.24) is 19.8 Å². The Balaban J connectivity index is 1.56. The van der Waals surface area contributed by atoms with Gasteiger partial charge in [0.1, 0.15) is 18.2 Å². The summed E-state index contributed by atoms with van der Waals surface area (Å²) in [5.74, 6) is 1.83. The third-order valence-electron chi connectivity index (χ3n) is 4.51. The quantitative estimate of drug-likeness (QED) is 0.877. The second-order valence-electron chi connectivity index (χ2n) is 6.13. The van der Waals surface area contributed by atoms with Crippen LogP contribution in [0.1, 0.15) is 24.2 Å². The highest BCUT2D eigenvalue weighted by molar-refractivity contribution is 5.81. The van der Waals surface area contributed by atoms with Crippen molar-refractivity contribution in [1.29, 1.82) is 0 Å². The molecule has 2 aromatic rings. The summed E-state index contributed by atoms with van der Waals surface area (Å²) in [5.41, 5.74) is 1.19. The molecule has 0 bridgehead atoms. The van der Waals surface area contributed by atoms with E-state index in [0.717, 1.165) is 37.5 Å². The molecule has 1 aliphatic rings. The molecule has 128 valence electrons. The first-order chi connectivity index (χ1) is 11.7. The molecule has 0 unspecified atom stereocenters. The maximum absolute atomic E-state index is 11.9. The molecule has 6 heteroatoms. The molecule has 1 amide bonds. The average molecular weight is 328 g/mol. The van der Waals surface area contributed by atoms with Crippen molar-refractivity contribution in [3.8, 4) is 5.75 Å². The predicted octanol–water partition coefficient (Wildman–Crippen LogP) is 1.71. The van der Waals surface area contributed by atoms with E-state index >= 15 is 0 Å². The molecule has 6 nitrogen and oxygen atoms in total. The number of carbonyl (C=O) groups is 1. The van der Waals surface area contributed by atoms with Gasteiger partial charge in [-0.3, -0.25) is 9.69 Å². The van der Waals surface area contributed by atoms with Crippen LogP contribution in [0.5, 0.6) is 5.75 Å². The van der Waals surface area contributed by atoms with Gasteiger partial charge in [0.15, 0.2) is 0 Å². The first-order valence-electron chi connectivity index (χ1n) is 8.31. The van der Waals surface area contributed by atoms with Crippen LogP contribution in [-0.4, -0.2) is 40.0 Å². The molecule has 0 saturated carbocycles. The van der Waals surface area contributed by atoms with E-state index in [4.69, 9.17) is 4.74 Å². The van der Waals surface area contributed by atoms with E-state index in [2.05, 4.69) is 27.3 Å². The van der Waals surface area contributed by atoms with Gasteiger partial charge in [0, 0.05) is 33.0 Å². The number of nitrogens with zero attached hydrogens (tertiary/aromatic N) is 3. The van der Waals surface area contributed by atoms with Gasteiger partial charge in [0.05, 0.1) is 6.04 Å². The van der Waals surface area contributed by atoms with Gasteiger partial charge in [-0.2, -0.15) is 0 Å². The zero-order chi connectivity index (χ0) is 16.9. The highest BCUT2D eigenvalue weighted by Crippen LogP contribution is 2.21. The maximum atomic E-state index is 11.9. The summed E-state index contributed by atoms with van der Waals surface area (Å²) in [5, 5.41) is 2.76. The highest BCUT2D eigenvalue weighted by atomic mass is 16.5. The molecule has 1 N–H and O–H groups in total. The molecule has 24 heavy (non-hydrogen) atoms. The summed E-state index contributed by atoms with van der Waals surface area (Å²) in [7, 11) is 3.65. The van der Waals surface area contributed by atoms with Crippen molar-refractivity contribution in [2.24, 2.45) is 7.05 Å². The molecule has 0 spiro atoms. The van der Waals surface area contributed by atoms with Crippen molar-refractivity contribution >= 4 is 5.91 Å². The van der Waals surface area contributed by atoms with Crippen LogP contribution in [0.2, 0.25) is 0 Å². The molecule has 2 heterocycles. The van der Waals surface area contributed by atoms with E-state index in [-0.39, 0.29) is 11.9 Å². The number of ether oxygens (including phenoxy) is 1. The van der Waals surface area contributed by atoms with Crippen molar-refractivity contribution in [2.75, 3.05) is 13.6 Å². The molecule has 1 fully saturated rings. The fraction of sp³-hybridized carbons (Fsp3) is 0.444. The Hall–Kier alpha value is -2.34. The minimum absolute atomic E-state index is 0.00524. The Labute approximate surface area is 142 Å². The van der Waals surface area contributed by atoms with Crippen LogP contribution in [0, 0.1) is 0 Å². The third kappa shape index (κ3) is 3.76. The number of likely N-dealkylation sites (tertiary alicyclic amines) is 1. The average Bonchev–Trinajstić information content (AvgIpc) is 3.22. The molecule has 1 aliphatic heterocycles. The minimum atomic E-state index is -0.00524. The number of rotatable bonds is 6. The normalized spacial score (nSPS) is 17.8. The van der Waals surface area contributed by atoms with Gasteiger partial charge < -0.3 is 14.6 Å². The number of nitrogens with one attached hydrogen (secondary N) is 1. The van der Waals surface area contributed by atoms with E-state index < -0.39 is 0 Å². The Morgan fingerprint density at radius 2 is 2.17 bits per heavy atom. The van der Waals surface area contributed by atoms with E-state index in [9.17, 15) is 4.79 Å². The molecule has 3 rings (SSSR count). The Morgan fingerprint density at radius 3 is 2.83 bits per heavy atom. The van der Waals surface area contributed by atoms with Crippen LogP contribution in [0.4, 0.5) is 0 Å². The lowest BCUT2D eigenvalue weighted by Crippen LogP contribution is -2.41. The smallest absolute Gasteiger partial charge is 0.237 e. The van der Waals surface area contributed by atoms with Gasteiger partial charge in [-0.25, -0.2) is 4.98 Å². The first-order valence-corrected chi connectivity index (χ1v) is 8.31. The van der Waals surface area contributed by atoms with E-state index in [1.165, 1.54) is 5.56 Å². The second-order valence-corrected chi connectivity index (χ2v) is 6.13. The molecule has 1 atom stereocenters. The number of likely N-dealkylation sites (N-methyl/N-ethyl adjacent to an activating group) is 1. The van der Waals surface area contributed by atoms with Gasteiger partial charge in [-0.15, -0.1) is 0 Å². The van der Waals surface area contributed by atoms with Gasteiger partial charge in [0.2, 0.25) is 5.91 Å². The number of imidazole rings is 1. The molecular formula is C18H24N4O2. The summed E-state index contributed by atoms with van der Waals surface area (Å²) in [6, 6.07) is 8.07.